The molecule has 4 heteroatoms. The first-order valence-electron chi connectivity index (χ1n) is 7.96. The molecule has 0 radical (unpaired) electrons. The van der Waals surface area contributed by atoms with Gasteiger partial charge in [-0.05, 0) is 49.2 Å². The van der Waals surface area contributed by atoms with Crippen LogP contribution in [0.3, 0.4) is 0 Å². The van der Waals surface area contributed by atoms with E-state index >= 15 is 0 Å². The van der Waals surface area contributed by atoms with Crippen LogP contribution in [-0.2, 0) is 5.54 Å². The molecule has 1 atom stereocenters. The van der Waals surface area contributed by atoms with Gasteiger partial charge in [-0.15, -0.1) is 0 Å². The molecule has 1 fully saturated rings. The molecule has 0 unspecified atom stereocenters. The van der Waals surface area contributed by atoms with Crippen LogP contribution in [0.5, 0.6) is 5.75 Å². The van der Waals surface area contributed by atoms with Gasteiger partial charge in [-0.25, -0.2) is 0 Å². The number of amides is 1. The van der Waals surface area contributed by atoms with Crippen LogP contribution >= 0.6 is 0 Å². The molecule has 2 aromatic rings. The highest BCUT2D eigenvalue weighted by Gasteiger charge is 2.35. The van der Waals surface area contributed by atoms with Crippen molar-refractivity contribution < 1.29 is 9.53 Å². The Bertz CT molecular complexity index is 647. The molecule has 1 heterocycles. The van der Waals surface area contributed by atoms with E-state index in [9.17, 15) is 4.79 Å². The first kappa shape index (κ1) is 15.6. The summed E-state index contributed by atoms with van der Waals surface area (Å²) < 4.78 is 5.15. The maximum atomic E-state index is 12.7. The lowest BCUT2D eigenvalue weighted by atomic mass is 9.82. The summed E-state index contributed by atoms with van der Waals surface area (Å²) in [6.07, 6.45) is 1.98. The Hall–Kier alpha value is -2.33. The normalized spacial score (nSPS) is 20.7. The summed E-state index contributed by atoms with van der Waals surface area (Å²) >= 11 is 0. The standard InChI is InChI=1S/C19H22N2O2/c1-23-17-10-8-15(9-11-17)18(22)21-19(12-5-13-20-14-19)16-6-3-2-4-7-16/h2-4,6-11,20H,5,12-14H2,1H3,(H,21,22)/t19-/m1/s1. The third kappa shape index (κ3) is 3.37. The summed E-state index contributed by atoms with van der Waals surface area (Å²) in [5, 5.41) is 6.67. The second-order valence-electron chi connectivity index (χ2n) is 5.91. The summed E-state index contributed by atoms with van der Waals surface area (Å²) in [5.74, 6) is 0.693. The molecule has 1 aliphatic rings. The molecule has 2 N–H and O–H groups in total. The Morgan fingerprint density at radius 2 is 1.87 bits per heavy atom. The van der Waals surface area contributed by atoms with Crippen LogP contribution < -0.4 is 15.4 Å². The lowest BCUT2D eigenvalue weighted by molar-refractivity contribution is 0.0876. The zero-order valence-electron chi connectivity index (χ0n) is 13.3. The fourth-order valence-electron chi connectivity index (χ4n) is 3.12. The van der Waals surface area contributed by atoms with Crippen molar-refractivity contribution in [1.82, 2.24) is 10.6 Å². The largest absolute Gasteiger partial charge is 0.497 e. The van der Waals surface area contributed by atoms with Crippen LogP contribution in [0.15, 0.2) is 54.6 Å². The van der Waals surface area contributed by atoms with Crippen molar-refractivity contribution >= 4 is 5.91 Å². The van der Waals surface area contributed by atoms with Crippen LogP contribution in [-0.4, -0.2) is 26.1 Å². The van der Waals surface area contributed by atoms with E-state index in [1.807, 2.05) is 30.3 Å². The Balaban J connectivity index is 1.84. The molecular weight excluding hydrogens is 288 g/mol. The minimum atomic E-state index is -0.351. The topological polar surface area (TPSA) is 50.4 Å². The molecule has 0 saturated carbocycles. The molecule has 1 saturated heterocycles. The zero-order valence-corrected chi connectivity index (χ0v) is 13.3. The Kier molecular flexibility index (Phi) is 4.63. The second-order valence-corrected chi connectivity index (χ2v) is 5.91. The van der Waals surface area contributed by atoms with E-state index in [0.717, 1.165) is 37.2 Å². The van der Waals surface area contributed by atoms with Gasteiger partial charge in [0.1, 0.15) is 5.75 Å². The summed E-state index contributed by atoms with van der Waals surface area (Å²) in [6, 6.07) is 17.4. The third-order valence-corrected chi connectivity index (χ3v) is 4.42. The molecule has 0 aromatic heterocycles. The Morgan fingerprint density at radius 3 is 2.48 bits per heavy atom. The van der Waals surface area contributed by atoms with Gasteiger partial charge in [0.25, 0.3) is 5.91 Å². The number of hydrogen-bond acceptors (Lipinski definition) is 3. The molecule has 0 aliphatic carbocycles. The molecule has 2 aromatic carbocycles. The number of hydrogen-bond donors (Lipinski definition) is 2. The monoisotopic (exact) mass is 310 g/mol. The number of piperidine rings is 1. The van der Waals surface area contributed by atoms with Gasteiger partial charge in [-0.2, -0.15) is 0 Å². The SMILES string of the molecule is COc1ccc(C(=O)N[C@]2(c3ccccc3)CCCNC2)cc1. The molecule has 0 bridgehead atoms. The van der Waals surface area contributed by atoms with Gasteiger partial charge in [0.2, 0.25) is 0 Å². The van der Waals surface area contributed by atoms with E-state index in [2.05, 4.69) is 22.8 Å². The van der Waals surface area contributed by atoms with Crippen molar-refractivity contribution in [2.45, 2.75) is 18.4 Å². The highest BCUT2D eigenvalue weighted by atomic mass is 16.5. The summed E-state index contributed by atoms with van der Waals surface area (Å²) in [4.78, 5) is 12.7. The summed E-state index contributed by atoms with van der Waals surface area (Å²) in [7, 11) is 1.62. The van der Waals surface area contributed by atoms with Crippen molar-refractivity contribution in [3.8, 4) is 5.75 Å². The number of ether oxygens (including phenoxy) is 1. The number of methoxy groups -OCH3 is 1. The zero-order chi connectivity index (χ0) is 16.1. The lowest BCUT2D eigenvalue weighted by Crippen LogP contribution is -2.55. The van der Waals surface area contributed by atoms with Gasteiger partial charge in [0.05, 0.1) is 12.6 Å². The fraction of sp³-hybridized carbons (Fsp3) is 0.316. The number of nitrogens with one attached hydrogen (secondary N) is 2. The Labute approximate surface area is 136 Å². The van der Waals surface area contributed by atoms with Crippen molar-refractivity contribution in [3.63, 3.8) is 0 Å². The first-order chi connectivity index (χ1) is 11.2. The van der Waals surface area contributed by atoms with Crippen LogP contribution in [0.2, 0.25) is 0 Å². The van der Waals surface area contributed by atoms with Crippen molar-refractivity contribution in [1.29, 1.82) is 0 Å². The number of carbonyl (C=O) groups is 1. The lowest BCUT2D eigenvalue weighted by Gasteiger charge is -2.39. The number of benzene rings is 2. The summed E-state index contributed by atoms with van der Waals surface area (Å²) in [6.45, 7) is 1.74. The van der Waals surface area contributed by atoms with E-state index in [-0.39, 0.29) is 11.4 Å². The van der Waals surface area contributed by atoms with Crippen LogP contribution in [0, 0.1) is 0 Å². The van der Waals surface area contributed by atoms with Crippen molar-refractivity contribution in [3.05, 3.63) is 65.7 Å². The minimum absolute atomic E-state index is 0.0554. The highest BCUT2D eigenvalue weighted by molar-refractivity contribution is 5.95. The van der Waals surface area contributed by atoms with Crippen LogP contribution in [0.1, 0.15) is 28.8 Å². The van der Waals surface area contributed by atoms with Gasteiger partial charge in [0, 0.05) is 12.1 Å². The molecule has 4 nitrogen and oxygen atoms in total. The van der Waals surface area contributed by atoms with Gasteiger partial charge < -0.3 is 15.4 Å². The fourth-order valence-corrected chi connectivity index (χ4v) is 3.12. The van der Waals surface area contributed by atoms with E-state index < -0.39 is 0 Å². The van der Waals surface area contributed by atoms with Gasteiger partial charge in [-0.1, -0.05) is 30.3 Å². The smallest absolute Gasteiger partial charge is 0.252 e. The third-order valence-electron chi connectivity index (χ3n) is 4.42. The number of rotatable bonds is 4. The summed E-state index contributed by atoms with van der Waals surface area (Å²) in [5.41, 5.74) is 1.44. The first-order valence-corrected chi connectivity index (χ1v) is 7.96. The predicted octanol–water partition coefficient (Wildman–Crippen LogP) is 2.70. The van der Waals surface area contributed by atoms with E-state index in [4.69, 9.17) is 4.74 Å². The molecule has 1 aliphatic heterocycles. The predicted molar refractivity (Wildman–Crippen MR) is 90.7 cm³/mol. The van der Waals surface area contributed by atoms with Crippen LogP contribution in [0.25, 0.3) is 0 Å². The van der Waals surface area contributed by atoms with Gasteiger partial charge in [0.15, 0.2) is 0 Å². The average molecular weight is 310 g/mol. The maximum Gasteiger partial charge on any atom is 0.252 e. The molecular formula is C19H22N2O2. The molecule has 120 valence electrons. The van der Waals surface area contributed by atoms with Crippen molar-refractivity contribution in [2.75, 3.05) is 20.2 Å². The van der Waals surface area contributed by atoms with E-state index in [0.29, 0.717) is 5.56 Å². The van der Waals surface area contributed by atoms with Gasteiger partial charge in [-0.3, -0.25) is 4.79 Å². The van der Waals surface area contributed by atoms with Gasteiger partial charge >= 0.3 is 0 Å². The van der Waals surface area contributed by atoms with Crippen molar-refractivity contribution in [2.24, 2.45) is 0 Å². The molecule has 1 amide bonds. The molecule has 23 heavy (non-hydrogen) atoms. The number of carbonyl (C=O) groups excluding carboxylic acids is 1. The van der Waals surface area contributed by atoms with E-state index in [1.165, 1.54) is 0 Å². The Morgan fingerprint density at radius 1 is 1.13 bits per heavy atom. The highest BCUT2D eigenvalue weighted by Crippen LogP contribution is 2.29. The van der Waals surface area contributed by atoms with Crippen LogP contribution in [0.4, 0.5) is 0 Å². The quantitative estimate of drug-likeness (QED) is 0.913. The minimum Gasteiger partial charge on any atom is -0.497 e. The molecule has 3 rings (SSSR count). The maximum absolute atomic E-state index is 12.7. The van der Waals surface area contributed by atoms with E-state index in [1.54, 1.807) is 19.2 Å². The molecule has 0 spiro atoms. The average Bonchev–Trinajstić information content (AvgIpc) is 2.63. The second kappa shape index (κ2) is 6.84.